The lowest BCUT2D eigenvalue weighted by Gasteiger charge is -2.25. The fraction of sp³-hybridized carbons (Fsp3) is 0.588. The molecule has 0 amide bonds. The van der Waals surface area contributed by atoms with Crippen molar-refractivity contribution in [1.29, 1.82) is 0 Å². The van der Waals surface area contributed by atoms with Crippen LogP contribution in [0.2, 0.25) is 0 Å². The van der Waals surface area contributed by atoms with E-state index in [0.29, 0.717) is 6.04 Å². The largest absolute Gasteiger partial charge is 0.286 e. The van der Waals surface area contributed by atoms with Crippen LogP contribution in [-0.4, -0.2) is 5.71 Å². The number of aliphatic imine (C=N–C) groups is 1. The third-order valence-electron chi connectivity index (χ3n) is 3.99. The maximum Gasteiger partial charge on any atom is 0.0720 e. The molecule has 0 spiro atoms. The van der Waals surface area contributed by atoms with Gasteiger partial charge < -0.3 is 0 Å². The van der Waals surface area contributed by atoms with Crippen LogP contribution in [-0.2, 0) is 0 Å². The summed E-state index contributed by atoms with van der Waals surface area (Å²) in [7, 11) is 0. The van der Waals surface area contributed by atoms with Crippen molar-refractivity contribution in [2.45, 2.75) is 58.4 Å². The monoisotopic (exact) mass is 243 g/mol. The van der Waals surface area contributed by atoms with Gasteiger partial charge in [0.25, 0.3) is 0 Å². The second-order valence-electron chi connectivity index (χ2n) is 5.44. The molecule has 1 saturated carbocycles. The van der Waals surface area contributed by atoms with Gasteiger partial charge in [0.05, 0.1) is 6.04 Å². The molecule has 98 valence electrons. The van der Waals surface area contributed by atoms with Crippen LogP contribution in [0, 0.1) is 5.92 Å². The molecule has 0 aliphatic heterocycles. The summed E-state index contributed by atoms with van der Waals surface area (Å²) in [5, 5.41) is 0. The summed E-state index contributed by atoms with van der Waals surface area (Å²) in [5.74, 6) is 0.759. The maximum atomic E-state index is 5.02. The molecule has 2 atom stereocenters. The summed E-state index contributed by atoms with van der Waals surface area (Å²) in [6, 6.07) is 11.0. The minimum Gasteiger partial charge on any atom is -0.286 e. The molecule has 0 aromatic heterocycles. The van der Waals surface area contributed by atoms with Crippen molar-refractivity contribution in [3.05, 3.63) is 35.9 Å². The highest BCUT2D eigenvalue weighted by Crippen LogP contribution is 2.28. The van der Waals surface area contributed by atoms with Crippen LogP contribution in [0.25, 0.3) is 0 Å². The minimum absolute atomic E-state index is 0.318. The van der Waals surface area contributed by atoms with Gasteiger partial charge in [-0.2, -0.15) is 0 Å². The van der Waals surface area contributed by atoms with Gasteiger partial charge in [0.2, 0.25) is 0 Å². The number of nitrogens with zero attached hydrogens (tertiary/aromatic N) is 1. The lowest BCUT2D eigenvalue weighted by atomic mass is 9.84. The number of benzene rings is 1. The third-order valence-corrected chi connectivity index (χ3v) is 3.99. The Morgan fingerprint density at radius 1 is 1.22 bits per heavy atom. The molecule has 1 aromatic rings. The fourth-order valence-electron chi connectivity index (χ4n) is 2.95. The van der Waals surface area contributed by atoms with Crippen LogP contribution < -0.4 is 0 Å². The SMILES string of the molecule is CCC[C@@H]1CCCCC1=N[C@H](C)c1ccccc1. The molecule has 18 heavy (non-hydrogen) atoms. The van der Waals surface area contributed by atoms with Gasteiger partial charge in [-0.3, -0.25) is 4.99 Å². The Kier molecular flexibility index (Phi) is 4.98. The highest BCUT2D eigenvalue weighted by molar-refractivity contribution is 5.87. The average Bonchev–Trinajstić information content (AvgIpc) is 2.42. The molecule has 0 unspecified atom stereocenters. The zero-order chi connectivity index (χ0) is 12.8. The summed E-state index contributed by atoms with van der Waals surface area (Å²) >= 11 is 0. The Bertz CT molecular complexity index is 378. The normalized spacial score (nSPS) is 24.1. The standard InChI is InChI=1S/C17H25N/c1-3-9-16-12-7-8-13-17(16)18-14(2)15-10-5-4-6-11-15/h4-6,10-11,14,16H,3,7-9,12-13H2,1-2H3/t14-,16-/m1/s1. The van der Waals surface area contributed by atoms with E-state index in [1.807, 2.05) is 0 Å². The van der Waals surface area contributed by atoms with E-state index in [0.717, 1.165) is 5.92 Å². The Morgan fingerprint density at radius 2 is 2.00 bits per heavy atom. The first-order chi connectivity index (χ1) is 8.81. The van der Waals surface area contributed by atoms with Crippen LogP contribution in [0.3, 0.4) is 0 Å². The molecule has 0 bridgehead atoms. The van der Waals surface area contributed by atoms with Gasteiger partial charge in [0.1, 0.15) is 0 Å². The summed E-state index contributed by atoms with van der Waals surface area (Å²) < 4.78 is 0. The average molecular weight is 243 g/mol. The van der Waals surface area contributed by atoms with Crippen LogP contribution in [0.4, 0.5) is 0 Å². The Morgan fingerprint density at radius 3 is 2.72 bits per heavy atom. The predicted molar refractivity (Wildman–Crippen MR) is 79.2 cm³/mol. The van der Waals surface area contributed by atoms with Crippen molar-refractivity contribution in [1.82, 2.24) is 0 Å². The van der Waals surface area contributed by atoms with E-state index in [1.54, 1.807) is 0 Å². The maximum absolute atomic E-state index is 5.02. The summed E-state index contributed by atoms with van der Waals surface area (Å²) in [5.41, 5.74) is 2.82. The van der Waals surface area contributed by atoms with E-state index < -0.39 is 0 Å². The number of rotatable bonds is 4. The quantitative estimate of drug-likeness (QED) is 0.691. The molecular weight excluding hydrogens is 218 g/mol. The summed E-state index contributed by atoms with van der Waals surface area (Å²) in [4.78, 5) is 5.02. The Balaban J connectivity index is 2.10. The number of hydrogen-bond donors (Lipinski definition) is 0. The van der Waals surface area contributed by atoms with Gasteiger partial charge in [-0.15, -0.1) is 0 Å². The first kappa shape index (κ1) is 13.3. The molecule has 1 nitrogen and oxygen atoms in total. The molecule has 1 fully saturated rings. The van der Waals surface area contributed by atoms with E-state index in [1.165, 1.54) is 49.8 Å². The molecular formula is C17H25N. The third kappa shape index (κ3) is 3.44. The smallest absolute Gasteiger partial charge is 0.0720 e. The zero-order valence-electron chi connectivity index (χ0n) is 11.7. The highest BCUT2D eigenvalue weighted by atomic mass is 14.8. The molecule has 1 aromatic carbocycles. The molecule has 2 rings (SSSR count). The summed E-state index contributed by atoms with van der Waals surface area (Å²) in [6.45, 7) is 4.51. The van der Waals surface area contributed by atoms with E-state index in [4.69, 9.17) is 4.99 Å². The van der Waals surface area contributed by atoms with Crippen molar-refractivity contribution in [2.75, 3.05) is 0 Å². The molecule has 1 heteroatoms. The van der Waals surface area contributed by atoms with Crippen LogP contribution >= 0.6 is 0 Å². The Labute approximate surface area is 111 Å². The van der Waals surface area contributed by atoms with E-state index >= 15 is 0 Å². The van der Waals surface area contributed by atoms with Crippen LogP contribution in [0.1, 0.15) is 64.0 Å². The van der Waals surface area contributed by atoms with Crippen molar-refractivity contribution in [3.63, 3.8) is 0 Å². The van der Waals surface area contributed by atoms with Crippen LogP contribution in [0.5, 0.6) is 0 Å². The van der Waals surface area contributed by atoms with Gasteiger partial charge in [0.15, 0.2) is 0 Å². The number of hydrogen-bond acceptors (Lipinski definition) is 1. The van der Waals surface area contributed by atoms with Crippen molar-refractivity contribution >= 4 is 5.71 Å². The van der Waals surface area contributed by atoms with Gasteiger partial charge in [-0.25, -0.2) is 0 Å². The zero-order valence-corrected chi connectivity index (χ0v) is 11.7. The molecule has 0 saturated heterocycles. The van der Waals surface area contributed by atoms with Gasteiger partial charge in [0, 0.05) is 5.71 Å². The fourth-order valence-corrected chi connectivity index (χ4v) is 2.95. The van der Waals surface area contributed by atoms with Gasteiger partial charge in [-0.05, 0) is 44.1 Å². The Hall–Kier alpha value is -1.11. The molecule has 0 N–H and O–H groups in total. The lowest BCUT2D eigenvalue weighted by molar-refractivity contribution is 0.488. The summed E-state index contributed by atoms with van der Waals surface area (Å²) in [6.07, 6.45) is 7.91. The first-order valence-electron chi connectivity index (χ1n) is 7.42. The van der Waals surface area contributed by atoms with Crippen molar-refractivity contribution < 1.29 is 0 Å². The molecule has 1 aliphatic carbocycles. The second-order valence-corrected chi connectivity index (χ2v) is 5.44. The van der Waals surface area contributed by atoms with E-state index in [2.05, 4.69) is 44.2 Å². The molecule has 0 radical (unpaired) electrons. The van der Waals surface area contributed by atoms with Crippen LogP contribution in [0.15, 0.2) is 35.3 Å². The topological polar surface area (TPSA) is 12.4 Å². The van der Waals surface area contributed by atoms with Crippen molar-refractivity contribution in [2.24, 2.45) is 10.9 Å². The first-order valence-corrected chi connectivity index (χ1v) is 7.42. The van der Waals surface area contributed by atoms with E-state index in [9.17, 15) is 0 Å². The highest BCUT2D eigenvalue weighted by Gasteiger charge is 2.20. The van der Waals surface area contributed by atoms with E-state index in [-0.39, 0.29) is 0 Å². The predicted octanol–water partition coefficient (Wildman–Crippen LogP) is 5.18. The second kappa shape index (κ2) is 6.72. The minimum atomic E-state index is 0.318. The molecule has 0 heterocycles. The molecule has 1 aliphatic rings. The van der Waals surface area contributed by atoms with Gasteiger partial charge >= 0.3 is 0 Å². The van der Waals surface area contributed by atoms with Gasteiger partial charge in [-0.1, -0.05) is 50.1 Å². The van der Waals surface area contributed by atoms with Crippen molar-refractivity contribution in [3.8, 4) is 0 Å². The lowest BCUT2D eigenvalue weighted by Crippen LogP contribution is -2.20.